The molecule has 0 bridgehead atoms. The normalized spacial score (nSPS) is 10.1. The first-order valence-corrected chi connectivity index (χ1v) is 5.94. The largest absolute Gasteiger partial charge is 0.388 e. The smallest absolute Gasteiger partial charge is 0.159 e. The van der Waals surface area contributed by atoms with E-state index >= 15 is 0 Å². The molecule has 92 valence electrons. The Labute approximate surface area is 111 Å². The summed E-state index contributed by atoms with van der Waals surface area (Å²) in [5, 5.41) is 3.18. The number of hydrogen-bond acceptors (Lipinski definition) is 4. The number of rotatable bonds is 3. The van der Waals surface area contributed by atoms with Crippen LogP contribution in [0.15, 0.2) is 30.6 Å². The summed E-state index contributed by atoms with van der Waals surface area (Å²) in [6.45, 7) is 4.13. The molecule has 0 aliphatic heterocycles. The molecule has 0 spiro atoms. The van der Waals surface area contributed by atoms with E-state index in [4.69, 9.17) is 18.0 Å². The van der Waals surface area contributed by atoms with Crippen molar-refractivity contribution in [2.75, 3.05) is 5.32 Å². The quantitative estimate of drug-likeness (QED) is 0.828. The zero-order valence-electron chi connectivity index (χ0n) is 10.3. The molecule has 2 aromatic rings. The van der Waals surface area contributed by atoms with E-state index in [9.17, 15) is 0 Å². The van der Waals surface area contributed by atoms with Crippen molar-refractivity contribution in [1.29, 1.82) is 0 Å². The Bertz CT molecular complexity index is 595. The van der Waals surface area contributed by atoms with Gasteiger partial charge in [-0.1, -0.05) is 18.3 Å². The van der Waals surface area contributed by atoms with Gasteiger partial charge in [0.15, 0.2) is 5.82 Å². The van der Waals surface area contributed by atoms with Gasteiger partial charge in [0.2, 0.25) is 0 Å². The molecule has 0 atom stereocenters. The Morgan fingerprint density at radius 3 is 2.56 bits per heavy atom. The average Bonchev–Trinajstić information content (AvgIpc) is 2.34. The molecular weight excluding hydrogens is 244 g/mol. The molecule has 0 amide bonds. The zero-order valence-corrected chi connectivity index (χ0v) is 11.1. The maximum Gasteiger partial charge on any atom is 0.159 e. The lowest BCUT2D eigenvalue weighted by Gasteiger charge is -2.10. The van der Waals surface area contributed by atoms with Crippen molar-refractivity contribution >= 4 is 28.7 Å². The predicted molar refractivity (Wildman–Crippen MR) is 77.1 cm³/mol. The summed E-state index contributed by atoms with van der Waals surface area (Å²) < 4.78 is 0. The molecule has 3 N–H and O–H groups in total. The number of nitrogens with two attached hydrogens (primary N) is 1. The molecule has 1 aromatic carbocycles. The molecule has 1 heterocycles. The second kappa shape index (κ2) is 5.10. The third-order valence-electron chi connectivity index (χ3n) is 2.70. The Morgan fingerprint density at radius 2 is 1.89 bits per heavy atom. The molecule has 2 rings (SSSR count). The fourth-order valence-corrected chi connectivity index (χ4v) is 1.72. The summed E-state index contributed by atoms with van der Waals surface area (Å²) in [6.07, 6.45) is 3.17. The fourth-order valence-electron chi connectivity index (χ4n) is 1.57. The lowest BCUT2D eigenvalue weighted by molar-refractivity contribution is 1.18. The van der Waals surface area contributed by atoms with Crippen molar-refractivity contribution in [2.45, 2.75) is 13.8 Å². The van der Waals surface area contributed by atoms with Crippen LogP contribution in [0, 0.1) is 13.8 Å². The summed E-state index contributed by atoms with van der Waals surface area (Å²) in [5.41, 5.74) is 9.51. The van der Waals surface area contributed by atoms with Gasteiger partial charge in [-0.05, 0) is 37.1 Å². The van der Waals surface area contributed by atoms with Gasteiger partial charge in [0.1, 0.15) is 10.7 Å². The average molecular weight is 258 g/mol. The minimum atomic E-state index is 0.231. The second-order valence-electron chi connectivity index (χ2n) is 4.04. The SMILES string of the molecule is Cc1ccc(Nc2nccnc2C(N)=S)cc1C. The van der Waals surface area contributed by atoms with E-state index in [1.165, 1.54) is 11.1 Å². The first-order valence-electron chi connectivity index (χ1n) is 5.53. The highest BCUT2D eigenvalue weighted by molar-refractivity contribution is 7.80. The maximum absolute atomic E-state index is 5.61. The number of hydrogen-bond donors (Lipinski definition) is 2. The van der Waals surface area contributed by atoms with Gasteiger partial charge in [0.05, 0.1) is 0 Å². The molecule has 0 unspecified atom stereocenters. The highest BCUT2D eigenvalue weighted by atomic mass is 32.1. The van der Waals surface area contributed by atoms with Crippen LogP contribution in [0.5, 0.6) is 0 Å². The summed E-state index contributed by atoms with van der Waals surface area (Å²) in [7, 11) is 0. The Balaban J connectivity index is 2.34. The molecule has 0 fully saturated rings. The van der Waals surface area contributed by atoms with Crippen LogP contribution in [0.3, 0.4) is 0 Å². The van der Waals surface area contributed by atoms with E-state index in [2.05, 4.69) is 35.2 Å². The van der Waals surface area contributed by atoms with Crippen molar-refractivity contribution in [2.24, 2.45) is 5.73 Å². The maximum atomic E-state index is 5.61. The van der Waals surface area contributed by atoms with Gasteiger partial charge in [-0.2, -0.15) is 0 Å². The minimum absolute atomic E-state index is 0.231. The number of nitrogens with one attached hydrogen (secondary N) is 1. The Morgan fingerprint density at radius 1 is 1.17 bits per heavy atom. The van der Waals surface area contributed by atoms with Crippen LogP contribution in [0.4, 0.5) is 11.5 Å². The molecule has 5 heteroatoms. The van der Waals surface area contributed by atoms with Crippen LogP contribution in [-0.2, 0) is 0 Å². The van der Waals surface area contributed by atoms with Gasteiger partial charge in [0.25, 0.3) is 0 Å². The summed E-state index contributed by atoms with van der Waals surface area (Å²) >= 11 is 4.95. The fraction of sp³-hybridized carbons (Fsp3) is 0.154. The van der Waals surface area contributed by atoms with E-state index in [0.717, 1.165) is 5.69 Å². The number of anilines is 2. The van der Waals surface area contributed by atoms with Crippen molar-refractivity contribution in [1.82, 2.24) is 9.97 Å². The van der Waals surface area contributed by atoms with Gasteiger partial charge < -0.3 is 11.1 Å². The first kappa shape index (κ1) is 12.4. The molecule has 0 aliphatic rings. The lowest BCUT2D eigenvalue weighted by atomic mass is 10.1. The van der Waals surface area contributed by atoms with Gasteiger partial charge in [-0.3, -0.25) is 0 Å². The number of nitrogens with zero attached hydrogens (tertiary/aromatic N) is 2. The molecule has 0 aliphatic carbocycles. The molecule has 18 heavy (non-hydrogen) atoms. The van der Waals surface area contributed by atoms with E-state index in [0.29, 0.717) is 11.5 Å². The number of benzene rings is 1. The van der Waals surface area contributed by atoms with Crippen LogP contribution in [0.1, 0.15) is 16.8 Å². The third kappa shape index (κ3) is 2.62. The van der Waals surface area contributed by atoms with Crippen molar-refractivity contribution in [3.05, 3.63) is 47.4 Å². The standard InChI is InChI=1S/C13H14N4S/c1-8-3-4-10(7-9(8)2)17-13-11(12(14)18)15-5-6-16-13/h3-7H,1-2H3,(H2,14,18)(H,16,17). The van der Waals surface area contributed by atoms with Crippen LogP contribution < -0.4 is 11.1 Å². The van der Waals surface area contributed by atoms with E-state index in [1.54, 1.807) is 12.4 Å². The van der Waals surface area contributed by atoms with E-state index in [1.807, 2.05) is 12.1 Å². The highest BCUT2D eigenvalue weighted by Crippen LogP contribution is 2.19. The van der Waals surface area contributed by atoms with Gasteiger partial charge in [-0.25, -0.2) is 9.97 Å². The Hall–Kier alpha value is -2.01. The van der Waals surface area contributed by atoms with Gasteiger partial charge >= 0.3 is 0 Å². The molecule has 1 aromatic heterocycles. The molecular formula is C13H14N4S. The van der Waals surface area contributed by atoms with E-state index < -0.39 is 0 Å². The molecule has 0 saturated carbocycles. The summed E-state index contributed by atoms with van der Waals surface area (Å²) in [6, 6.07) is 6.09. The van der Waals surface area contributed by atoms with Crippen molar-refractivity contribution < 1.29 is 0 Å². The minimum Gasteiger partial charge on any atom is -0.388 e. The summed E-state index contributed by atoms with van der Waals surface area (Å²) in [4.78, 5) is 8.56. The summed E-state index contributed by atoms with van der Waals surface area (Å²) in [5.74, 6) is 0.577. The van der Waals surface area contributed by atoms with Crippen LogP contribution >= 0.6 is 12.2 Å². The van der Waals surface area contributed by atoms with Crippen LogP contribution in [-0.4, -0.2) is 15.0 Å². The monoisotopic (exact) mass is 258 g/mol. The predicted octanol–water partition coefficient (Wildman–Crippen LogP) is 2.47. The molecule has 4 nitrogen and oxygen atoms in total. The van der Waals surface area contributed by atoms with Crippen molar-refractivity contribution in [3.8, 4) is 0 Å². The second-order valence-corrected chi connectivity index (χ2v) is 4.48. The van der Waals surface area contributed by atoms with Crippen LogP contribution in [0.25, 0.3) is 0 Å². The lowest BCUT2D eigenvalue weighted by Crippen LogP contribution is -2.14. The van der Waals surface area contributed by atoms with Crippen molar-refractivity contribution in [3.63, 3.8) is 0 Å². The first-order chi connectivity index (χ1) is 8.58. The highest BCUT2D eigenvalue weighted by Gasteiger charge is 2.08. The van der Waals surface area contributed by atoms with Gasteiger partial charge in [0, 0.05) is 18.1 Å². The Kier molecular flexibility index (Phi) is 3.53. The van der Waals surface area contributed by atoms with E-state index in [-0.39, 0.29) is 4.99 Å². The number of aryl methyl sites for hydroxylation is 2. The third-order valence-corrected chi connectivity index (χ3v) is 2.89. The number of thiocarbonyl (C=S) groups is 1. The zero-order chi connectivity index (χ0) is 13.1. The molecule has 0 saturated heterocycles. The number of aromatic nitrogens is 2. The topological polar surface area (TPSA) is 63.8 Å². The molecule has 0 radical (unpaired) electrons. The van der Waals surface area contributed by atoms with Gasteiger partial charge in [-0.15, -0.1) is 0 Å². The van der Waals surface area contributed by atoms with Crippen LogP contribution in [0.2, 0.25) is 0 Å².